The zero-order valence-electron chi connectivity index (χ0n) is 12.6. The molecule has 1 aliphatic rings. The van der Waals surface area contributed by atoms with Crippen molar-refractivity contribution in [2.24, 2.45) is 0 Å². The zero-order chi connectivity index (χ0) is 15.2. The molecule has 5 nitrogen and oxygen atoms in total. The van der Waals surface area contributed by atoms with Crippen LogP contribution in [0.5, 0.6) is 0 Å². The van der Waals surface area contributed by atoms with Gasteiger partial charge in [-0.15, -0.1) is 11.3 Å². The van der Waals surface area contributed by atoms with E-state index in [4.69, 9.17) is 4.42 Å². The van der Waals surface area contributed by atoms with Crippen LogP contribution in [0.1, 0.15) is 25.0 Å². The Morgan fingerprint density at radius 3 is 3.05 bits per heavy atom. The van der Waals surface area contributed by atoms with Crippen molar-refractivity contribution in [3.05, 3.63) is 29.5 Å². The second kappa shape index (κ2) is 7.56. The fraction of sp³-hybridized carbons (Fsp3) is 0.500. The number of rotatable bonds is 7. The summed E-state index contributed by atoms with van der Waals surface area (Å²) in [7, 11) is 0. The van der Waals surface area contributed by atoms with E-state index in [0.717, 1.165) is 36.0 Å². The van der Waals surface area contributed by atoms with Gasteiger partial charge in [-0.2, -0.15) is 0 Å². The molecule has 0 spiro atoms. The highest BCUT2D eigenvalue weighted by molar-refractivity contribution is 7.13. The Morgan fingerprint density at radius 1 is 1.41 bits per heavy atom. The normalized spacial score (nSPS) is 15.3. The first kappa shape index (κ1) is 15.2. The summed E-state index contributed by atoms with van der Waals surface area (Å²) in [5.41, 5.74) is 0.799. The van der Waals surface area contributed by atoms with Crippen molar-refractivity contribution >= 4 is 17.2 Å². The smallest absolute Gasteiger partial charge is 0.226 e. The molecule has 0 bridgehead atoms. The molecule has 0 unspecified atom stereocenters. The summed E-state index contributed by atoms with van der Waals surface area (Å²) < 4.78 is 5.31. The Labute approximate surface area is 134 Å². The van der Waals surface area contributed by atoms with Crippen LogP contribution in [0.3, 0.4) is 0 Å². The number of carbonyl (C=O) groups is 1. The first-order chi connectivity index (χ1) is 10.8. The molecule has 6 heteroatoms. The number of likely N-dealkylation sites (tertiary alicyclic amines) is 1. The largest absolute Gasteiger partial charge is 0.462 e. The van der Waals surface area contributed by atoms with Crippen LogP contribution in [0, 0.1) is 0 Å². The highest BCUT2D eigenvalue weighted by Crippen LogP contribution is 2.23. The van der Waals surface area contributed by atoms with Crippen molar-refractivity contribution in [1.29, 1.82) is 0 Å². The highest BCUT2D eigenvalue weighted by Gasteiger charge is 2.12. The second-order valence-electron chi connectivity index (χ2n) is 5.55. The molecule has 2 aromatic heterocycles. The van der Waals surface area contributed by atoms with Gasteiger partial charge in [0.15, 0.2) is 10.8 Å². The third kappa shape index (κ3) is 4.18. The van der Waals surface area contributed by atoms with Crippen molar-refractivity contribution in [2.75, 3.05) is 26.2 Å². The number of nitrogens with one attached hydrogen (secondary N) is 1. The summed E-state index contributed by atoms with van der Waals surface area (Å²) in [6.45, 7) is 4.24. The third-order valence-electron chi connectivity index (χ3n) is 3.80. The lowest BCUT2D eigenvalue weighted by atomic mass is 10.3. The van der Waals surface area contributed by atoms with Gasteiger partial charge in [0.1, 0.15) is 0 Å². The van der Waals surface area contributed by atoms with Crippen LogP contribution in [-0.4, -0.2) is 42.0 Å². The van der Waals surface area contributed by atoms with Gasteiger partial charge in [0.2, 0.25) is 5.91 Å². The highest BCUT2D eigenvalue weighted by atomic mass is 32.1. The number of thiazole rings is 1. The van der Waals surface area contributed by atoms with Gasteiger partial charge in [-0.05, 0) is 51.0 Å². The fourth-order valence-electron chi connectivity index (χ4n) is 2.67. The van der Waals surface area contributed by atoms with Gasteiger partial charge < -0.3 is 14.6 Å². The van der Waals surface area contributed by atoms with E-state index in [-0.39, 0.29) is 5.91 Å². The molecule has 3 heterocycles. The molecule has 3 rings (SSSR count). The lowest BCUT2D eigenvalue weighted by molar-refractivity contribution is -0.120. The number of carbonyl (C=O) groups excluding carboxylic acids is 1. The van der Waals surface area contributed by atoms with E-state index in [9.17, 15) is 4.79 Å². The maximum absolute atomic E-state index is 11.9. The van der Waals surface area contributed by atoms with Crippen molar-refractivity contribution < 1.29 is 9.21 Å². The maximum atomic E-state index is 11.9. The summed E-state index contributed by atoms with van der Waals surface area (Å²) in [5, 5.41) is 5.71. The van der Waals surface area contributed by atoms with Gasteiger partial charge in [-0.1, -0.05) is 0 Å². The van der Waals surface area contributed by atoms with Crippen LogP contribution >= 0.6 is 11.3 Å². The van der Waals surface area contributed by atoms with E-state index < -0.39 is 0 Å². The van der Waals surface area contributed by atoms with E-state index in [1.807, 2.05) is 17.5 Å². The van der Waals surface area contributed by atoms with Gasteiger partial charge in [0, 0.05) is 11.9 Å². The Balaban J connectivity index is 1.38. The number of hydrogen-bond acceptors (Lipinski definition) is 5. The lowest BCUT2D eigenvalue weighted by Gasteiger charge is -2.14. The molecular weight excluding hydrogens is 298 g/mol. The van der Waals surface area contributed by atoms with Crippen LogP contribution in [0.4, 0.5) is 0 Å². The van der Waals surface area contributed by atoms with Gasteiger partial charge >= 0.3 is 0 Å². The fourth-order valence-corrected chi connectivity index (χ4v) is 3.45. The topological polar surface area (TPSA) is 58.4 Å². The number of aromatic nitrogens is 1. The van der Waals surface area contributed by atoms with Crippen molar-refractivity contribution in [2.45, 2.75) is 25.7 Å². The van der Waals surface area contributed by atoms with Gasteiger partial charge in [0.05, 0.1) is 18.4 Å². The van der Waals surface area contributed by atoms with Crippen LogP contribution in [-0.2, 0) is 11.2 Å². The quantitative estimate of drug-likeness (QED) is 0.797. The van der Waals surface area contributed by atoms with Crippen LogP contribution in [0.15, 0.2) is 28.2 Å². The molecule has 0 aliphatic carbocycles. The van der Waals surface area contributed by atoms with Gasteiger partial charge in [-0.25, -0.2) is 4.98 Å². The molecule has 1 saturated heterocycles. The second-order valence-corrected chi connectivity index (χ2v) is 6.41. The van der Waals surface area contributed by atoms with Crippen LogP contribution in [0.25, 0.3) is 10.8 Å². The Hall–Kier alpha value is -1.66. The Kier molecular flexibility index (Phi) is 5.24. The van der Waals surface area contributed by atoms with Gasteiger partial charge in [0.25, 0.3) is 0 Å². The lowest BCUT2D eigenvalue weighted by Crippen LogP contribution is -2.29. The predicted molar refractivity (Wildman–Crippen MR) is 86.8 cm³/mol. The molecule has 1 aliphatic heterocycles. The summed E-state index contributed by atoms with van der Waals surface area (Å²) in [6.07, 6.45) is 5.60. The Bertz CT molecular complexity index is 588. The first-order valence-corrected chi connectivity index (χ1v) is 8.66. The monoisotopic (exact) mass is 319 g/mol. The minimum atomic E-state index is 0.0396. The van der Waals surface area contributed by atoms with E-state index in [0.29, 0.717) is 6.42 Å². The van der Waals surface area contributed by atoms with Crippen molar-refractivity contribution in [1.82, 2.24) is 15.2 Å². The average molecular weight is 319 g/mol. The average Bonchev–Trinajstić information content (AvgIpc) is 3.24. The molecule has 0 atom stereocenters. The van der Waals surface area contributed by atoms with Crippen molar-refractivity contribution in [3.8, 4) is 10.8 Å². The number of amides is 1. The molecule has 0 saturated carbocycles. The zero-order valence-corrected chi connectivity index (χ0v) is 13.4. The molecule has 2 aromatic rings. The molecule has 1 N–H and O–H groups in total. The summed E-state index contributed by atoms with van der Waals surface area (Å²) >= 11 is 1.50. The minimum Gasteiger partial charge on any atom is -0.462 e. The molecule has 0 radical (unpaired) electrons. The van der Waals surface area contributed by atoms with E-state index in [1.165, 1.54) is 37.3 Å². The van der Waals surface area contributed by atoms with E-state index in [1.54, 1.807) is 6.26 Å². The standard InChI is InChI=1S/C16H21N3O2S/c20-15(17-6-4-9-19-7-1-2-8-19)11-13-12-22-16(18-13)14-5-3-10-21-14/h3,5,10,12H,1-2,4,6-9,11H2,(H,17,20). The Morgan fingerprint density at radius 2 is 2.27 bits per heavy atom. The molecular formula is C16H21N3O2S. The van der Waals surface area contributed by atoms with E-state index in [2.05, 4.69) is 15.2 Å². The van der Waals surface area contributed by atoms with Crippen LogP contribution < -0.4 is 5.32 Å². The summed E-state index contributed by atoms with van der Waals surface area (Å²) in [5.74, 6) is 0.792. The minimum absolute atomic E-state index is 0.0396. The number of hydrogen-bond donors (Lipinski definition) is 1. The summed E-state index contributed by atoms with van der Waals surface area (Å²) in [6, 6.07) is 3.71. The summed E-state index contributed by atoms with van der Waals surface area (Å²) in [4.78, 5) is 18.8. The molecule has 22 heavy (non-hydrogen) atoms. The molecule has 118 valence electrons. The van der Waals surface area contributed by atoms with Gasteiger partial charge in [-0.3, -0.25) is 4.79 Å². The number of furan rings is 1. The predicted octanol–water partition coefficient (Wildman–Crippen LogP) is 2.55. The molecule has 1 fully saturated rings. The third-order valence-corrected chi connectivity index (χ3v) is 4.70. The first-order valence-electron chi connectivity index (χ1n) is 7.78. The molecule has 0 aromatic carbocycles. The number of nitrogens with zero attached hydrogens (tertiary/aromatic N) is 2. The van der Waals surface area contributed by atoms with E-state index >= 15 is 0 Å². The van der Waals surface area contributed by atoms with Crippen molar-refractivity contribution in [3.63, 3.8) is 0 Å². The maximum Gasteiger partial charge on any atom is 0.226 e. The van der Waals surface area contributed by atoms with Crippen LogP contribution in [0.2, 0.25) is 0 Å². The molecule has 1 amide bonds. The SMILES string of the molecule is O=C(Cc1csc(-c2ccco2)n1)NCCCN1CCCC1.